The molecule has 1 saturated carbocycles. The third-order valence-corrected chi connectivity index (χ3v) is 4.82. The first kappa shape index (κ1) is 14.9. The van der Waals surface area contributed by atoms with Crippen LogP contribution in [0, 0.1) is 5.92 Å². The third kappa shape index (κ3) is 3.56. The van der Waals surface area contributed by atoms with E-state index in [1.54, 1.807) is 0 Å². The van der Waals surface area contributed by atoms with Crippen LogP contribution in [0.25, 0.3) is 0 Å². The van der Waals surface area contributed by atoms with Crippen molar-refractivity contribution in [3.05, 3.63) is 27.0 Å². The maximum Gasteiger partial charge on any atom is 0.325 e. The number of aliphatic hydroxyl groups excluding tert-OH is 1. The minimum Gasteiger partial charge on any atom is -0.393 e. The Kier molecular flexibility index (Phi) is 4.41. The summed E-state index contributed by atoms with van der Waals surface area (Å²) >= 11 is 0. The van der Waals surface area contributed by atoms with Gasteiger partial charge in [0.05, 0.1) is 6.10 Å². The van der Waals surface area contributed by atoms with Gasteiger partial charge in [0.15, 0.2) is 4.90 Å². The van der Waals surface area contributed by atoms with Crippen LogP contribution >= 0.6 is 0 Å². The first-order valence-corrected chi connectivity index (χ1v) is 7.86. The van der Waals surface area contributed by atoms with Gasteiger partial charge in [0.1, 0.15) is 0 Å². The highest BCUT2D eigenvalue weighted by Crippen LogP contribution is 2.23. The molecule has 1 aromatic heterocycles. The lowest BCUT2D eigenvalue weighted by molar-refractivity contribution is 0.102. The number of rotatable bonds is 4. The molecule has 9 heteroatoms. The normalized spacial score (nSPS) is 23.6. The zero-order valence-electron chi connectivity index (χ0n) is 10.8. The van der Waals surface area contributed by atoms with Crippen molar-refractivity contribution in [3.63, 3.8) is 0 Å². The maximum absolute atomic E-state index is 12.0. The van der Waals surface area contributed by atoms with E-state index in [4.69, 9.17) is 0 Å². The van der Waals surface area contributed by atoms with Crippen LogP contribution in [0.3, 0.4) is 0 Å². The van der Waals surface area contributed by atoms with Crippen molar-refractivity contribution in [1.82, 2.24) is 14.7 Å². The van der Waals surface area contributed by atoms with Crippen molar-refractivity contribution in [2.45, 2.75) is 36.7 Å². The molecular formula is C11H17N3O5S. The molecule has 0 bridgehead atoms. The predicted octanol–water partition coefficient (Wildman–Crippen LogP) is -1.11. The molecule has 0 saturated heterocycles. The fourth-order valence-electron chi connectivity index (χ4n) is 2.35. The Morgan fingerprint density at radius 2 is 2.10 bits per heavy atom. The van der Waals surface area contributed by atoms with Crippen LogP contribution in [0.5, 0.6) is 0 Å². The Balaban J connectivity index is 2.07. The van der Waals surface area contributed by atoms with E-state index in [1.165, 1.54) is 0 Å². The van der Waals surface area contributed by atoms with Crippen molar-refractivity contribution in [3.8, 4) is 0 Å². The van der Waals surface area contributed by atoms with Gasteiger partial charge in [-0.2, -0.15) is 0 Å². The number of H-pyrrole nitrogens is 2. The average molecular weight is 303 g/mol. The molecule has 0 aliphatic heterocycles. The van der Waals surface area contributed by atoms with Gasteiger partial charge in [-0.1, -0.05) is 6.42 Å². The molecule has 112 valence electrons. The SMILES string of the molecule is O=c1[nH]cc(S(=O)(=O)NCC2CCCC(O)C2)c(=O)[nH]1. The summed E-state index contributed by atoms with van der Waals surface area (Å²) in [7, 11) is -3.97. The quantitative estimate of drug-likeness (QED) is 0.560. The first-order valence-electron chi connectivity index (χ1n) is 6.38. The lowest BCUT2D eigenvalue weighted by Crippen LogP contribution is -2.36. The van der Waals surface area contributed by atoms with E-state index in [2.05, 4.69) is 9.71 Å². The van der Waals surface area contributed by atoms with E-state index in [-0.39, 0.29) is 12.5 Å². The van der Waals surface area contributed by atoms with Gasteiger partial charge in [-0.05, 0) is 25.2 Å². The summed E-state index contributed by atoms with van der Waals surface area (Å²) in [6.45, 7) is 0.165. The van der Waals surface area contributed by atoms with Crippen LogP contribution in [0.1, 0.15) is 25.7 Å². The molecule has 0 aromatic carbocycles. The highest BCUT2D eigenvalue weighted by atomic mass is 32.2. The van der Waals surface area contributed by atoms with E-state index in [0.717, 1.165) is 25.5 Å². The number of sulfonamides is 1. The Morgan fingerprint density at radius 1 is 1.35 bits per heavy atom. The van der Waals surface area contributed by atoms with E-state index in [1.807, 2.05) is 4.98 Å². The van der Waals surface area contributed by atoms with Crippen LogP contribution in [0.15, 0.2) is 20.7 Å². The molecule has 2 unspecified atom stereocenters. The van der Waals surface area contributed by atoms with Gasteiger partial charge in [-0.15, -0.1) is 0 Å². The van der Waals surface area contributed by atoms with E-state index < -0.39 is 32.3 Å². The maximum atomic E-state index is 12.0. The van der Waals surface area contributed by atoms with Gasteiger partial charge in [-0.3, -0.25) is 9.78 Å². The number of nitrogens with one attached hydrogen (secondary N) is 3. The Morgan fingerprint density at radius 3 is 2.75 bits per heavy atom. The van der Waals surface area contributed by atoms with Crippen LogP contribution in [0.4, 0.5) is 0 Å². The molecule has 1 aliphatic carbocycles. The summed E-state index contributed by atoms with van der Waals surface area (Å²) in [6, 6.07) is 0. The molecule has 8 nitrogen and oxygen atoms in total. The largest absolute Gasteiger partial charge is 0.393 e. The summed E-state index contributed by atoms with van der Waals surface area (Å²) in [5, 5.41) is 9.53. The van der Waals surface area contributed by atoms with Crippen LogP contribution < -0.4 is 16.0 Å². The second kappa shape index (κ2) is 5.90. The second-order valence-corrected chi connectivity index (χ2v) is 6.71. The molecule has 0 amide bonds. The van der Waals surface area contributed by atoms with Crippen molar-refractivity contribution >= 4 is 10.0 Å². The zero-order valence-corrected chi connectivity index (χ0v) is 11.6. The summed E-state index contributed by atoms with van der Waals surface area (Å²) < 4.78 is 26.3. The van der Waals surface area contributed by atoms with Crippen molar-refractivity contribution in [2.24, 2.45) is 5.92 Å². The smallest absolute Gasteiger partial charge is 0.325 e. The molecule has 20 heavy (non-hydrogen) atoms. The Hall–Kier alpha value is -1.45. The average Bonchev–Trinajstić information content (AvgIpc) is 2.36. The molecule has 1 aromatic rings. The predicted molar refractivity (Wildman–Crippen MR) is 70.8 cm³/mol. The summed E-state index contributed by atoms with van der Waals surface area (Å²) in [4.78, 5) is 25.8. The van der Waals surface area contributed by atoms with Gasteiger partial charge in [-0.25, -0.2) is 17.9 Å². The van der Waals surface area contributed by atoms with Crippen LogP contribution in [-0.2, 0) is 10.0 Å². The summed E-state index contributed by atoms with van der Waals surface area (Å²) in [6.07, 6.45) is 3.45. The number of hydrogen-bond donors (Lipinski definition) is 4. The standard InChI is InChI=1S/C11H17N3O5S/c15-8-3-1-2-7(4-8)5-13-20(18,19)9-6-12-11(17)14-10(9)16/h6-8,13,15H,1-5H2,(H2,12,14,16,17). The fraction of sp³-hybridized carbons (Fsp3) is 0.636. The van der Waals surface area contributed by atoms with Gasteiger partial charge >= 0.3 is 5.69 Å². The molecule has 2 atom stereocenters. The van der Waals surface area contributed by atoms with E-state index >= 15 is 0 Å². The number of aromatic amines is 2. The van der Waals surface area contributed by atoms with Crippen molar-refractivity contribution in [2.75, 3.05) is 6.54 Å². The minimum atomic E-state index is -3.97. The monoisotopic (exact) mass is 303 g/mol. The lowest BCUT2D eigenvalue weighted by Gasteiger charge is -2.25. The Labute approximate surface area is 115 Å². The number of aromatic nitrogens is 2. The van der Waals surface area contributed by atoms with Crippen LogP contribution in [0.2, 0.25) is 0 Å². The van der Waals surface area contributed by atoms with Gasteiger partial charge < -0.3 is 10.1 Å². The third-order valence-electron chi connectivity index (χ3n) is 3.39. The Bertz CT molecular complexity index is 678. The molecule has 0 spiro atoms. The molecular weight excluding hydrogens is 286 g/mol. The number of hydrogen-bond acceptors (Lipinski definition) is 5. The van der Waals surface area contributed by atoms with Crippen LogP contribution in [-0.4, -0.2) is 36.1 Å². The van der Waals surface area contributed by atoms with E-state index in [9.17, 15) is 23.1 Å². The highest BCUT2D eigenvalue weighted by molar-refractivity contribution is 7.89. The summed E-state index contributed by atoms with van der Waals surface area (Å²) in [5.74, 6) is 0.0513. The lowest BCUT2D eigenvalue weighted by atomic mass is 9.87. The fourth-order valence-corrected chi connectivity index (χ4v) is 3.47. The van der Waals surface area contributed by atoms with Gasteiger partial charge in [0.2, 0.25) is 10.0 Å². The minimum absolute atomic E-state index is 0.0513. The molecule has 2 rings (SSSR count). The second-order valence-electron chi connectivity index (χ2n) is 4.97. The molecule has 1 aliphatic rings. The first-order chi connectivity index (χ1) is 9.38. The van der Waals surface area contributed by atoms with Gasteiger partial charge in [0, 0.05) is 12.7 Å². The van der Waals surface area contributed by atoms with Gasteiger partial charge in [0.25, 0.3) is 5.56 Å². The van der Waals surface area contributed by atoms with Crippen molar-refractivity contribution < 1.29 is 13.5 Å². The molecule has 0 radical (unpaired) electrons. The molecule has 1 fully saturated rings. The zero-order chi connectivity index (χ0) is 14.8. The molecule has 1 heterocycles. The topological polar surface area (TPSA) is 132 Å². The van der Waals surface area contributed by atoms with Crippen molar-refractivity contribution in [1.29, 1.82) is 0 Å². The van der Waals surface area contributed by atoms with E-state index in [0.29, 0.717) is 6.42 Å². The molecule has 4 N–H and O–H groups in total. The highest BCUT2D eigenvalue weighted by Gasteiger charge is 2.24. The number of aliphatic hydroxyl groups is 1. The summed E-state index contributed by atoms with van der Waals surface area (Å²) in [5.41, 5.74) is -1.71.